The van der Waals surface area contributed by atoms with Gasteiger partial charge in [0.2, 0.25) is 0 Å². The Kier molecular flexibility index (Phi) is 7.02. The third-order valence-corrected chi connectivity index (χ3v) is 6.31. The highest BCUT2D eigenvalue weighted by Gasteiger charge is 2.36. The molecule has 1 aliphatic rings. The van der Waals surface area contributed by atoms with Crippen LogP contribution >= 0.6 is 0 Å². The van der Waals surface area contributed by atoms with Gasteiger partial charge in [-0.05, 0) is 26.3 Å². The molecule has 6 heteroatoms. The van der Waals surface area contributed by atoms with E-state index in [0.29, 0.717) is 0 Å². The molecule has 106 valence electrons. The van der Waals surface area contributed by atoms with E-state index in [1.54, 1.807) is 21.3 Å². The standard InChI is InChI=1S/C12H26N2O3Si/c1-14-9-6-12(7-10-14)13-8-5-11-18(15-2,16-3)17-4/h5-11H2,1-4H3. The molecular weight excluding hydrogens is 248 g/mol. The molecule has 18 heavy (non-hydrogen) atoms. The lowest BCUT2D eigenvalue weighted by Gasteiger charge is -2.24. The van der Waals surface area contributed by atoms with Crippen molar-refractivity contribution in [2.75, 3.05) is 48.0 Å². The quantitative estimate of drug-likeness (QED) is 0.520. The maximum Gasteiger partial charge on any atom is 0.500 e. The van der Waals surface area contributed by atoms with Crippen LogP contribution in [0.1, 0.15) is 19.3 Å². The third kappa shape index (κ3) is 4.77. The largest absolute Gasteiger partial charge is 0.500 e. The third-order valence-electron chi connectivity index (χ3n) is 3.47. The number of aliphatic imine (C=N–C) groups is 1. The topological polar surface area (TPSA) is 43.3 Å². The maximum absolute atomic E-state index is 5.38. The summed E-state index contributed by atoms with van der Waals surface area (Å²) in [5, 5.41) is 0. The average molecular weight is 274 g/mol. The van der Waals surface area contributed by atoms with Crippen molar-refractivity contribution < 1.29 is 13.3 Å². The smallest absolute Gasteiger partial charge is 0.377 e. The van der Waals surface area contributed by atoms with Gasteiger partial charge in [-0.25, -0.2) is 0 Å². The van der Waals surface area contributed by atoms with Crippen LogP contribution in [0, 0.1) is 0 Å². The van der Waals surface area contributed by atoms with Crippen molar-refractivity contribution in [1.29, 1.82) is 0 Å². The lowest BCUT2D eigenvalue weighted by Crippen LogP contribution is -2.42. The predicted octanol–water partition coefficient (Wildman–Crippen LogP) is 1.42. The Balaban J connectivity index is 2.27. The fourth-order valence-corrected chi connectivity index (χ4v) is 3.83. The molecule has 0 unspecified atom stereocenters. The van der Waals surface area contributed by atoms with Gasteiger partial charge < -0.3 is 18.2 Å². The second-order valence-corrected chi connectivity index (χ2v) is 7.74. The molecule has 0 bridgehead atoms. The summed E-state index contributed by atoms with van der Waals surface area (Å²) in [4.78, 5) is 7.01. The van der Waals surface area contributed by atoms with E-state index in [1.807, 2.05) is 0 Å². The zero-order valence-electron chi connectivity index (χ0n) is 12.1. The summed E-state index contributed by atoms with van der Waals surface area (Å²) < 4.78 is 16.1. The Morgan fingerprint density at radius 2 is 1.67 bits per heavy atom. The number of likely N-dealkylation sites (tertiary alicyclic amines) is 1. The minimum absolute atomic E-state index is 0.827. The van der Waals surface area contributed by atoms with Gasteiger partial charge in [0.1, 0.15) is 0 Å². The molecule has 0 spiro atoms. The first-order chi connectivity index (χ1) is 8.65. The number of hydrogen-bond acceptors (Lipinski definition) is 5. The van der Waals surface area contributed by atoms with E-state index in [0.717, 1.165) is 44.9 Å². The zero-order valence-corrected chi connectivity index (χ0v) is 13.1. The Bertz CT molecular complexity index is 252. The first-order valence-electron chi connectivity index (χ1n) is 6.52. The van der Waals surface area contributed by atoms with Crippen LogP contribution in [0.4, 0.5) is 0 Å². The number of hydrogen-bond donors (Lipinski definition) is 0. The van der Waals surface area contributed by atoms with Crippen LogP contribution in [-0.2, 0) is 13.3 Å². The highest BCUT2D eigenvalue weighted by molar-refractivity contribution is 6.60. The zero-order chi connectivity index (χ0) is 13.4. The van der Waals surface area contributed by atoms with Gasteiger partial charge >= 0.3 is 8.80 Å². The summed E-state index contributed by atoms with van der Waals surface area (Å²) >= 11 is 0. The summed E-state index contributed by atoms with van der Waals surface area (Å²) in [6.07, 6.45) is 3.18. The molecule has 1 heterocycles. The highest BCUT2D eigenvalue weighted by atomic mass is 28.4. The van der Waals surface area contributed by atoms with Gasteiger partial charge in [0.05, 0.1) is 0 Å². The molecule has 0 N–H and O–H groups in total. The normalized spacial score (nSPS) is 18.1. The fourth-order valence-electron chi connectivity index (χ4n) is 2.12. The molecule has 1 rings (SSSR count). The van der Waals surface area contributed by atoms with Crippen LogP contribution in [0.5, 0.6) is 0 Å². The van der Waals surface area contributed by atoms with Gasteiger partial charge in [-0.3, -0.25) is 4.99 Å². The number of nitrogens with zero attached hydrogens (tertiary/aromatic N) is 2. The van der Waals surface area contributed by atoms with E-state index >= 15 is 0 Å². The van der Waals surface area contributed by atoms with Crippen molar-refractivity contribution in [1.82, 2.24) is 4.90 Å². The van der Waals surface area contributed by atoms with Crippen LogP contribution < -0.4 is 0 Å². The Labute approximate surface area is 111 Å². The van der Waals surface area contributed by atoms with E-state index in [-0.39, 0.29) is 0 Å². The van der Waals surface area contributed by atoms with Gasteiger partial charge in [-0.1, -0.05) is 0 Å². The van der Waals surface area contributed by atoms with E-state index in [1.165, 1.54) is 5.71 Å². The average Bonchev–Trinajstić information content (AvgIpc) is 2.42. The second-order valence-electron chi connectivity index (χ2n) is 4.65. The fraction of sp³-hybridized carbons (Fsp3) is 0.917. The molecule has 0 aliphatic carbocycles. The molecule has 5 nitrogen and oxygen atoms in total. The molecule has 0 amide bonds. The minimum Gasteiger partial charge on any atom is -0.377 e. The van der Waals surface area contributed by atoms with Crippen LogP contribution in [0.25, 0.3) is 0 Å². The SMILES string of the molecule is CO[Si](CCCN=C1CCN(C)CC1)(OC)OC. The van der Waals surface area contributed by atoms with E-state index < -0.39 is 8.80 Å². The molecule has 1 fully saturated rings. The summed E-state index contributed by atoms with van der Waals surface area (Å²) in [5.41, 5.74) is 1.35. The van der Waals surface area contributed by atoms with E-state index in [9.17, 15) is 0 Å². The van der Waals surface area contributed by atoms with Crippen LogP contribution in [-0.4, -0.2) is 67.4 Å². The van der Waals surface area contributed by atoms with Crippen molar-refractivity contribution in [3.8, 4) is 0 Å². The van der Waals surface area contributed by atoms with E-state index in [2.05, 4.69) is 16.9 Å². The number of rotatable bonds is 7. The molecule has 0 saturated carbocycles. The monoisotopic (exact) mass is 274 g/mol. The van der Waals surface area contributed by atoms with Crippen molar-refractivity contribution in [2.45, 2.75) is 25.3 Å². The molecule has 0 aromatic heterocycles. The van der Waals surface area contributed by atoms with Gasteiger partial charge in [0, 0.05) is 52.7 Å². The second kappa shape index (κ2) is 8.01. The van der Waals surface area contributed by atoms with E-state index in [4.69, 9.17) is 13.3 Å². The Hall–Kier alpha value is -0.273. The maximum atomic E-state index is 5.38. The first kappa shape index (κ1) is 15.8. The lowest BCUT2D eigenvalue weighted by atomic mass is 10.1. The van der Waals surface area contributed by atoms with Crippen LogP contribution in [0.15, 0.2) is 4.99 Å². The highest BCUT2D eigenvalue weighted by Crippen LogP contribution is 2.15. The molecule has 0 aromatic rings. The Morgan fingerprint density at radius 1 is 1.11 bits per heavy atom. The van der Waals surface area contributed by atoms with Crippen molar-refractivity contribution in [2.24, 2.45) is 4.99 Å². The van der Waals surface area contributed by atoms with Gasteiger partial charge in [0.15, 0.2) is 0 Å². The lowest BCUT2D eigenvalue weighted by molar-refractivity contribution is 0.123. The predicted molar refractivity (Wildman–Crippen MR) is 75.2 cm³/mol. The molecule has 0 aromatic carbocycles. The Morgan fingerprint density at radius 3 is 2.17 bits per heavy atom. The summed E-state index contributed by atoms with van der Waals surface area (Å²) in [6, 6.07) is 0.827. The first-order valence-corrected chi connectivity index (χ1v) is 8.45. The van der Waals surface area contributed by atoms with Gasteiger partial charge in [-0.2, -0.15) is 0 Å². The summed E-state index contributed by atoms with van der Waals surface area (Å²) in [5.74, 6) is 0. The molecular formula is C12H26N2O3Si. The summed E-state index contributed by atoms with van der Waals surface area (Å²) in [6.45, 7) is 3.11. The van der Waals surface area contributed by atoms with Gasteiger partial charge in [-0.15, -0.1) is 0 Å². The molecule has 0 radical (unpaired) electrons. The summed E-state index contributed by atoms with van der Waals surface area (Å²) in [7, 11) is 4.73. The van der Waals surface area contributed by atoms with Crippen molar-refractivity contribution >= 4 is 14.5 Å². The van der Waals surface area contributed by atoms with Gasteiger partial charge in [0.25, 0.3) is 0 Å². The van der Waals surface area contributed by atoms with Crippen molar-refractivity contribution in [3.63, 3.8) is 0 Å². The molecule has 1 aliphatic heterocycles. The molecule has 1 saturated heterocycles. The van der Waals surface area contributed by atoms with Crippen LogP contribution in [0.2, 0.25) is 6.04 Å². The van der Waals surface area contributed by atoms with Crippen molar-refractivity contribution in [3.05, 3.63) is 0 Å². The minimum atomic E-state index is -2.39. The number of piperidine rings is 1. The van der Waals surface area contributed by atoms with Crippen LogP contribution in [0.3, 0.4) is 0 Å². The molecule has 0 atom stereocenters.